The standard InChI is InChI=1S/C10H16N/c1-2-8-4-3-7(1)9-5-11-6-10(8)9/h7,9-11H,1-6H2. The van der Waals surface area contributed by atoms with Crippen LogP contribution >= 0.6 is 0 Å². The second-order valence-electron chi connectivity index (χ2n) is 4.42. The van der Waals surface area contributed by atoms with E-state index in [9.17, 15) is 0 Å². The van der Waals surface area contributed by atoms with Gasteiger partial charge in [0.2, 0.25) is 0 Å². The minimum absolute atomic E-state index is 1.00. The van der Waals surface area contributed by atoms with E-state index in [0.29, 0.717) is 0 Å². The zero-order chi connectivity index (χ0) is 7.26. The summed E-state index contributed by atoms with van der Waals surface area (Å²) in [4.78, 5) is 0. The van der Waals surface area contributed by atoms with Crippen LogP contribution in [0.2, 0.25) is 0 Å². The summed E-state index contributed by atoms with van der Waals surface area (Å²) in [5.41, 5.74) is 0. The van der Waals surface area contributed by atoms with Crippen molar-refractivity contribution in [2.24, 2.45) is 17.8 Å². The van der Waals surface area contributed by atoms with E-state index in [4.69, 9.17) is 0 Å². The van der Waals surface area contributed by atoms with Crippen molar-refractivity contribution in [2.45, 2.75) is 25.7 Å². The summed E-state index contributed by atoms with van der Waals surface area (Å²) in [5, 5.41) is 3.54. The van der Waals surface area contributed by atoms with Crippen LogP contribution in [0.5, 0.6) is 0 Å². The lowest BCUT2D eigenvalue weighted by molar-refractivity contribution is 0.152. The predicted molar refractivity (Wildman–Crippen MR) is 45.1 cm³/mol. The SMILES string of the molecule is C1CC2CC[C]1C1CNCC21. The predicted octanol–water partition coefficient (Wildman–Crippen LogP) is 1.60. The van der Waals surface area contributed by atoms with Gasteiger partial charge in [0.1, 0.15) is 0 Å². The van der Waals surface area contributed by atoms with Crippen molar-refractivity contribution >= 4 is 0 Å². The van der Waals surface area contributed by atoms with Crippen molar-refractivity contribution in [2.75, 3.05) is 13.1 Å². The van der Waals surface area contributed by atoms with E-state index in [2.05, 4.69) is 5.32 Å². The summed E-state index contributed by atoms with van der Waals surface area (Å²) in [7, 11) is 0. The highest BCUT2D eigenvalue weighted by atomic mass is 14.9. The van der Waals surface area contributed by atoms with Crippen molar-refractivity contribution in [3.8, 4) is 0 Å². The molecule has 11 heavy (non-hydrogen) atoms. The van der Waals surface area contributed by atoms with Crippen LogP contribution in [0.4, 0.5) is 0 Å². The van der Waals surface area contributed by atoms with Crippen molar-refractivity contribution in [3.63, 3.8) is 0 Å². The van der Waals surface area contributed by atoms with Crippen molar-refractivity contribution in [3.05, 3.63) is 5.92 Å². The molecule has 0 aromatic heterocycles. The van der Waals surface area contributed by atoms with Gasteiger partial charge in [0.05, 0.1) is 0 Å². The Morgan fingerprint density at radius 2 is 1.91 bits per heavy atom. The number of fused-ring (bicyclic) bond motifs is 2. The molecule has 0 aromatic rings. The lowest BCUT2D eigenvalue weighted by Crippen LogP contribution is -2.37. The molecule has 1 saturated heterocycles. The molecule has 1 nitrogen and oxygen atoms in total. The molecule has 0 aromatic carbocycles. The lowest BCUT2D eigenvalue weighted by atomic mass is 9.60. The molecule has 1 heteroatoms. The molecule has 1 radical (unpaired) electrons. The molecule has 1 heterocycles. The fourth-order valence-corrected chi connectivity index (χ4v) is 3.45. The molecule has 4 aliphatic rings. The van der Waals surface area contributed by atoms with Gasteiger partial charge in [-0.1, -0.05) is 0 Å². The van der Waals surface area contributed by atoms with E-state index >= 15 is 0 Å². The van der Waals surface area contributed by atoms with Gasteiger partial charge >= 0.3 is 0 Å². The highest BCUT2D eigenvalue weighted by Gasteiger charge is 2.45. The summed E-state index contributed by atoms with van der Waals surface area (Å²) in [6.45, 7) is 2.62. The zero-order valence-corrected chi connectivity index (χ0v) is 6.97. The Kier molecular flexibility index (Phi) is 1.31. The Labute approximate surface area is 68.6 Å². The quantitative estimate of drug-likeness (QED) is 0.553. The summed E-state index contributed by atoms with van der Waals surface area (Å²) in [6.07, 6.45) is 5.96. The van der Waals surface area contributed by atoms with Crippen LogP contribution in [-0.2, 0) is 0 Å². The largest absolute Gasteiger partial charge is 0.316 e. The van der Waals surface area contributed by atoms with E-state index in [1.807, 2.05) is 5.92 Å². The van der Waals surface area contributed by atoms with Gasteiger partial charge in [0.15, 0.2) is 0 Å². The molecule has 3 aliphatic carbocycles. The third-order valence-electron chi connectivity index (χ3n) is 4.06. The van der Waals surface area contributed by atoms with E-state index in [-0.39, 0.29) is 0 Å². The minimum atomic E-state index is 1.00. The Morgan fingerprint density at radius 3 is 2.64 bits per heavy atom. The number of nitrogens with one attached hydrogen (secondary N) is 1. The smallest absolute Gasteiger partial charge is 0.00116 e. The number of hydrogen-bond acceptors (Lipinski definition) is 1. The van der Waals surface area contributed by atoms with Crippen molar-refractivity contribution in [1.29, 1.82) is 0 Å². The number of hydrogen-bond donors (Lipinski definition) is 1. The second kappa shape index (κ2) is 2.22. The summed E-state index contributed by atoms with van der Waals surface area (Å²) in [6, 6.07) is 0. The van der Waals surface area contributed by atoms with Crippen LogP contribution in [0.3, 0.4) is 0 Å². The number of rotatable bonds is 0. The van der Waals surface area contributed by atoms with Crippen LogP contribution in [0, 0.1) is 23.7 Å². The highest BCUT2D eigenvalue weighted by molar-refractivity contribution is 5.12. The Balaban J connectivity index is 1.89. The molecule has 4 fully saturated rings. The van der Waals surface area contributed by atoms with Gasteiger partial charge < -0.3 is 5.32 Å². The van der Waals surface area contributed by atoms with Crippen LogP contribution in [0.15, 0.2) is 0 Å². The highest BCUT2D eigenvalue weighted by Crippen LogP contribution is 2.51. The van der Waals surface area contributed by atoms with Gasteiger partial charge in [-0.15, -0.1) is 0 Å². The monoisotopic (exact) mass is 150 g/mol. The Morgan fingerprint density at radius 1 is 1.09 bits per heavy atom. The molecule has 0 spiro atoms. The van der Waals surface area contributed by atoms with Gasteiger partial charge in [0.25, 0.3) is 0 Å². The maximum Gasteiger partial charge on any atom is -0.00116 e. The van der Waals surface area contributed by atoms with Crippen LogP contribution in [-0.4, -0.2) is 13.1 Å². The lowest BCUT2D eigenvalue weighted by Gasteiger charge is -2.44. The third kappa shape index (κ3) is 0.807. The fraction of sp³-hybridized carbons (Fsp3) is 0.900. The van der Waals surface area contributed by atoms with Gasteiger partial charge in [-0.25, -0.2) is 0 Å². The maximum absolute atomic E-state index is 3.54. The van der Waals surface area contributed by atoms with E-state index in [0.717, 1.165) is 17.8 Å². The fourth-order valence-electron chi connectivity index (χ4n) is 3.45. The molecule has 0 amide bonds. The summed E-state index contributed by atoms with van der Waals surface area (Å²) in [5.74, 6) is 5.05. The molecule has 2 unspecified atom stereocenters. The molecular weight excluding hydrogens is 134 g/mol. The third-order valence-corrected chi connectivity index (χ3v) is 4.06. The summed E-state index contributed by atoms with van der Waals surface area (Å²) >= 11 is 0. The van der Waals surface area contributed by atoms with Gasteiger partial charge in [-0.2, -0.15) is 0 Å². The first-order valence-corrected chi connectivity index (χ1v) is 5.00. The van der Waals surface area contributed by atoms with Crippen LogP contribution in [0.25, 0.3) is 0 Å². The van der Waals surface area contributed by atoms with E-state index in [1.54, 1.807) is 0 Å². The molecule has 1 N–H and O–H groups in total. The van der Waals surface area contributed by atoms with Gasteiger partial charge in [-0.05, 0) is 62.4 Å². The van der Waals surface area contributed by atoms with E-state index < -0.39 is 0 Å². The first-order valence-electron chi connectivity index (χ1n) is 5.00. The molecule has 3 saturated carbocycles. The molecular formula is C10H16N. The van der Waals surface area contributed by atoms with Gasteiger partial charge in [-0.3, -0.25) is 0 Å². The van der Waals surface area contributed by atoms with Crippen molar-refractivity contribution < 1.29 is 0 Å². The minimum Gasteiger partial charge on any atom is -0.316 e. The Hall–Kier alpha value is -0.0400. The normalized spacial score (nSPS) is 49.6. The average Bonchev–Trinajstić information content (AvgIpc) is 2.55. The van der Waals surface area contributed by atoms with E-state index in [1.165, 1.54) is 38.8 Å². The summed E-state index contributed by atoms with van der Waals surface area (Å²) < 4.78 is 0. The first-order chi connectivity index (χ1) is 5.45. The molecule has 61 valence electrons. The van der Waals surface area contributed by atoms with Crippen molar-refractivity contribution in [1.82, 2.24) is 5.32 Å². The Bertz CT molecular complexity index is 140. The first kappa shape index (κ1) is 6.47. The average molecular weight is 150 g/mol. The molecule has 4 rings (SSSR count). The molecule has 2 bridgehead atoms. The van der Waals surface area contributed by atoms with Crippen LogP contribution < -0.4 is 5.32 Å². The second-order valence-corrected chi connectivity index (χ2v) is 4.42. The van der Waals surface area contributed by atoms with Crippen LogP contribution in [0.1, 0.15) is 25.7 Å². The molecule has 1 aliphatic heterocycles. The zero-order valence-electron chi connectivity index (χ0n) is 6.97. The maximum atomic E-state index is 3.54. The van der Waals surface area contributed by atoms with Gasteiger partial charge in [0, 0.05) is 0 Å². The topological polar surface area (TPSA) is 12.0 Å². The molecule has 2 atom stereocenters.